The summed E-state index contributed by atoms with van der Waals surface area (Å²) in [4.78, 5) is 10.7. The predicted molar refractivity (Wildman–Crippen MR) is 102 cm³/mol. The second-order valence-corrected chi connectivity index (χ2v) is 6.75. The quantitative estimate of drug-likeness (QED) is 0.677. The van der Waals surface area contributed by atoms with Gasteiger partial charge < -0.3 is 0 Å². The highest BCUT2D eigenvalue weighted by Crippen LogP contribution is 2.28. The average Bonchev–Trinajstić information content (AvgIpc) is 3.23. The topological polar surface area (TPSA) is 29.0 Å². The van der Waals surface area contributed by atoms with Gasteiger partial charge in [0.2, 0.25) is 0 Å². The Morgan fingerprint density at radius 1 is 0.720 bits per heavy atom. The molecule has 3 aromatic rings. The molecule has 126 valence electrons. The van der Waals surface area contributed by atoms with Crippen molar-refractivity contribution in [3.05, 3.63) is 72.8 Å². The minimum absolute atomic E-state index is 0.511. The molecule has 2 aromatic carbocycles. The lowest BCUT2D eigenvalue weighted by Gasteiger charge is -2.24. The molecule has 0 aliphatic carbocycles. The molecule has 0 amide bonds. The Morgan fingerprint density at radius 3 is 1.76 bits per heavy atom. The van der Waals surface area contributed by atoms with Crippen molar-refractivity contribution in [1.29, 1.82) is 0 Å². The molecule has 0 saturated carbocycles. The number of aromatic nitrogens is 2. The maximum absolute atomic E-state index is 4.09. The Bertz CT molecular complexity index is 804. The lowest BCUT2D eigenvalue weighted by molar-refractivity contribution is 0.263. The van der Waals surface area contributed by atoms with Gasteiger partial charge in [0.05, 0.1) is 0 Å². The molecule has 1 fully saturated rings. The minimum atomic E-state index is 0.511. The molecule has 0 spiro atoms. The van der Waals surface area contributed by atoms with E-state index in [1.54, 1.807) is 6.33 Å². The van der Waals surface area contributed by atoms with E-state index in [1.807, 2.05) is 12.4 Å². The zero-order valence-corrected chi connectivity index (χ0v) is 14.6. The number of hydrogen-bond acceptors (Lipinski definition) is 3. The maximum atomic E-state index is 4.09. The van der Waals surface area contributed by atoms with Gasteiger partial charge in [-0.25, -0.2) is 9.97 Å². The van der Waals surface area contributed by atoms with Crippen molar-refractivity contribution in [2.24, 2.45) is 0 Å². The van der Waals surface area contributed by atoms with Crippen LogP contribution in [0.4, 0.5) is 0 Å². The van der Waals surface area contributed by atoms with Gasteiger partial charge in [0.15, 0.2) is 0 Å². The van der Waals surface area contributed by atoms with Crippen LogP contribution in [0.2, 0.25) is 0 Å². The van der Waals surface area contributed by atoms with Gasteiger partial charge in [-0.3, -0.25) is 4.90 Å². The molecular weight excluding hydrogens is 306 g/mol. The first kappa shape index (κ1) is 16.0. The molecule has 3 nitrogen and oxygen atoms in total. The van der Waals surface area contributed by atoms with Crippen LogP contribution in [0.1, 0.15) is 31.4 Å². The fourth-order valence-electron chi connectivity index (χ4n) is 3.60. The standard InChI is InChI=1S/C22H23N3/c1-17(25-12-2-3-13-25)18-4-6-19(7-5-18)20-8-10-21(11-9-20)22-14-23-16-24-15-22/h4-11,14-17H,2-3,12-13H2,1H3/t17-/m0/s1. The largest absolute Gasteiger partial charge is 0.297 e. The summed E-state index contributed by atoms with van der Waals surface area (Å²) in [5.41, 5.74) is 6.09. The first-order valence-corrected chi connectivity index (χ1v) is 9.01. The Labute approximate surface area is 149 Å². The normalized spacial score (nSPS) is 16.0. The van der Waals surface area contributed by atoms with Crippen molar-refractivity contribution < 1.29 is 0 Å². The van der Waals surface area contributed by atoms with Crippen LogP contribution in [-0.2, 0) is 0 Å². The predicted octanol–water partition coefficient (Wildman–Crippen LogP) is 4.97. The fraction of sp³-hybridized carbons (Fsp3) is 0.273. The van der Waals surface area contributed by atoms with E-state index in [4.69, 9.17) is 0 Å². The third kappa shape index (κ3) is 3.47. The Morgan fingerprint density at radius 2 is 1.20 bits per heavy atom. The zero-order valence-electron chi connectivity index (χ0n) is 14.6. The summed E-state index contributed by atoms with van der Waals surface area (Å²) in [6.45, 7) is 4.78. The molecule has 1 aliphatic heterocycles. The van der Waals surface area contributed by atoms with Crippen LogP contribution in [0, 0.1) is 0 Å². The van der Waals surface area contributed by atoms with Crippen molar-refractivity contribution in [3.8, 4) is 22.3 Å². The van der Waals surface area contributed by atoms with Crippen LogP contribution in [-0.4, -0.2) is 28.0 Å². The third-order valence-electron chi connectivity index (χ3n) is 5.19. The van der Waals surface area contributed by atoms with Crippen molar-refractivity contribution in [2.75, 3.05) is 13.1 Å². The van der Waals surface area contributed by atoms with E-state index in [0.717, 1.165) is 11.1 Å². The summed E-state index contributed by atoms with van der Waals surface area (Å²) < 4.78 is 0. The molecule has 0 unspecified atom stereocenters. The molecule has 3 heteroatoms. The number of rotatable bonds is 4. The summed E-state index contributed by atoms with van der Waals surface area (Å²) in [6.07, 6.45) is 7.91. The van der Waals surface area contributed by atoms with E-state index in [1.165, 1.54) is 42.6 Å². The second kappa shape index (κ2) is 7.16. The van der Waals surface area contributed by atoms with Gasteiger partial charge in [0.1, 0.15) is 6.33 Å². The molecule has 0 bridgehead atoms. The highest BCUT2D eigenvalue weighted by atomic mass is 15.2. The van der Waals surface area contributed by atoms with Gasteiger partial charge in [-0.15, -0.1) is 0 Å². The molecule has 0 radical (unpaired) electrons. The van der Waals surface area contributed by atoms with Crippen LogP contribution in [0.15, 0.2) is 67.3 Å². The lowest BCUT2D eigenvalue weighted by Crippen LogP contribution is -2.23. The Balaban J connectivity index is 1.52. The van der Waals surface area contributed by atoms with E-state index in [2.05, 4.69) is 70.3 Å². The van der Waals surface area contributed by atoms with Crippen LogP contribution in [0.5, 0.6) is 0 Å². The van der Waals surface area contributed by atoms with E-state index in [9.17, 15) is 0 Å². The third-order valence-corrected chi connectivity index (χ3v) is 5.19. The van der Waals surface area contributed by atoms with Crippen LogP contribution < -0.4 is 0 Å². The summed E-state index contributed by atoms with van der Waals surface area (Å²) in [6, 6.07) is 18.1. The van der Waals surface area contributed by atoms with E-state index >= 15 is 0 Å². The monoisotopic (exact) mass is 329 g/mol. The molecule has 25 heavy (non-hydrogen) atoms. The Hall–Kier alpha value is -2.52. The molecule has 0 N–H and O–H groups in total. The number of benzene rings is 2. The number of likely N-dealkylation sites (tertiary alicyclic amines) is 1. The van der Waals surface area contributed by atoms with Crippen LogP contribution in [0.3, 0.4) is 0 Å². The summed E-state index contributed by atoms with van der Waals surface area (Å²) in [5, 5.41) is 0. The second-order valence-electron chi connectivity index (χ2n) is 6.75. The minimum Gasteiger partial charge on any atom is -0.297 e. The van der Waals surface area contributed by atoms with Gasteiger partial charge in [0.25, 0.3) is 0 Å². The molecule has 1 aromatic heterocycles. The van der Waals surface area contributed by atoms with Gasteiger partial charge in [-0.2, -0.15) is 0 Å². The first-order chi connectivity index (χ1) is 12.3. The number of hydrogen-bond donors (Lipinski definition) is 0. The molecule has 1 saturated heterocycles. The summed E-state index contributed by atoms with van der Waals surface area (Å²) >= 11 is 0. The number of nitrogens with zero attached hydrogens (tertiary/aromatic N) is 3. The van der Waals surface area contributed by atoms with Gasteiger partial charge in [-0.1, -0.05) is 48.5 Å². The summed E-state index contributed by atoms with van der Waals surface area (Å²) in [5.74, 6) is 0. The fourth-order valence-corrected chi connectivity index (χ4v) is 3.60. The molecular formula is C22H23N3. The van der Waals surface area contributed by atoms with Gasteiger partial charge in [0, 0.05) is 24.0 Å². The zero-order chi connectivity index (χ0) is 17.1. The van der Waals surface area contributed by atoms with Crippen molar-refractivity contribution in [2.45, 2.75) is 25.8 Å². The summed E-state index contributed by atoms with van der Waals surface area (Å²) in [7, 11) is 0. The average molecular weight is 329 g/mol. The molecule has 4 rings (SSSR count). The molecule has 1 aliphatic rings. The molecule has 2 heterocycles. The highest BCUT2D eigenvalue weighted by molar-refractivity contribution is 5.69. The first-order valence-electron chi connectivity index (χ1n) is 9.01. The van der Waals surface area contributed by atoms with E-state index in [-0.39, 0.29) is 0 Å². The maximum Gasteiger partial charge on any atom is 0.115 e. The van der Waals surface area contributed by atoms with E-state index < -0.39 is 0 Å². The molecule has 1 atom stereocenters. The SMILES string of the molecule is C[C@@H](c1ccc(-c2ccc(-c3cncnc3)cc2)cc1)N1CCCC1. The van der Waals surface area contributed by atoms with Crippen molar-refractivity contribution >= 4 is 0 Å². The van der Waals surface area contributed by atoms with Crippen molar-refractivity contribution in [1.82, 2.24) is 14.9 Å². The highest BCUT2D eigenvalue weighted by Gasteiger charge is 2.19. The smallest absolute Gasteiger partial charge is 0.115 e. The Kier molecular flexibility index (Phi) is 4.57. The van der Waals surface area contributed by atoms with Gasteiger partial charge >= 0.3 is 0 Å². The van der Waals surface area contributed by atoms with Crippen LogP contribution in [0.25, 0.3) is 22.3 Å². The van der Waals surface area contributed by atoms with E-state index in [0.29, 0.717) is 6.04 Å². The lowest BCUT2D eigenvalue weighted by atomic mass is 9.99. The van der Waals surface area contributed by atoms with Crippen LogP contribution >= 0.6 is 0 Å². The van der Waals surface area contributed by atoms with Gasteiger partial charge in [-0.05, 0) is 55.1 Å². The van der Waals surface area contributed by atoms with Crippen molar-refractivity contribution in [3.63, 3.8) is 0 Å².